The Balaban J connectivity index is 2.28. The Hall–Kier alpha value is -2.18. The van der Waals surface area contributed by atoms with Crippen molar-refractivity contribution in [3.8, 4) is 0 Å². The Labute approximate surface area is 128 Å². The Kier molecular flexibility index (Phi) is 7.28. The zero-order valence-corrected chi connectivity index (χ0v) is 12.5. The Morgan fingerprint density at radius 2 is 1.95 bits per heavy atom. The Bertz CT molecular complexity index is 524. The first-order valence-electron chi connectivity index (χ1n) is 7.17. The molecule has 0 fully saturated rings. The number of carbonyl (C=O) groups excluding carboxylic acids is 2. The van der Waals surface area contributed by atoms with Crippen LogP contribution in [0.3, 0.4) is 0 Å². The standard InChI is InChI=1S/C15H21F2N3O2/c1-10(12-7-6-11(16)9-13(12)17)20-14(21)5-3-2-4-8-19-15(18)22/h6-7,9-10H,2-5,8H2,1H3,(H,20,21)(H3,18,19,22)/t10-/m1/s1. The van der Waals surface area contributed by atoms with Gasteiger partial charge in [-0.15, -0.1) is 0 Å². The third-order valence-electron chi connectivity index (χ3n) is 3.19. The molecule has 22 heavy (non-hydrogen) atoms. The minimum Gasteiger partial charge on any atom is -0.352 e. The quantitative estimate of drug-likeness (QED) is 0.644. The van der Waals surface area contributed by atoms with Crippen molar-refractivity contribution in [3.05, 3.63) is 35.4 Å². The lowest BCUT2D eigenvalue weighted by atomic mass is 10.1. The maximum atomic E-state index is 13.6. The number of nitrogens with two attached hydrogens (primary N) is 1. The van der Waals surface area contributed by atoms with Crippen molar-refractivity contribution >= 4 is 11.9 Å². The van der Waals surface area contributed by atoms with Gasteiger partial charge in [0.15, 0.2) is 0 Å². The molecule has 0 saturated heterocycles. The van der Waals surface area contributed by atoms with Crippen molar-refractivity contribution in [1.82, 2.24) is 10.6 Å². The average Bonchev–Trinajstić information content (AvgIpc) is 2.42. The predicted octanol–water partition coefficient (Wildman–Crippen LogP) is 2.37. The van der Waals surface area contributed by atoms with E-state index >= 15 is 0 Å². The number of halogens is 2. The largest absolute Gasteiger partial charge is 0.352 e. The second-order valence-corrected chi connectivity index (χ2v) is 5.06. The number of primary amides is 1. The van der Waals surface area contributed by atoms with E-state index in [-0.39, 0.29) is 11.5 Å². The second kappa shape index (κ2) is 8.96. The summed E-state index contributed by atoms with van der Waals surface area (Å²) in [5.41, 5.74) is 5.17. The average molecular weight is 313 g/mol. The highest BCUT2D eigenvalue weighted by atomic mass is 19.1. The van der Waals surface area contributed by atoms with Gasteiger partial charge in [0.2, 0.25) is 5.91 Å². The van der Waals surface area contributed by atoms with E-state index in [4.69, 9.17) is 5.73 Å². The SMILES string of the molecule is C[C@@H](NC(=O)CCCCCNC(N)=O)c1ccc(F)cc1F. The van der Waals surface area contributed by atoms with Crippen LogP contribution in [0.4, 0.5) is 13.6 Å². The van der Waals surface area contributed by atoms with Crippen LogP contribution >= 0.6 is 0 Å². The summed E-state index contributed by atoms with van der Waals surface area (Å²) >= 11 is 0. The topological polar surface area (TPSA) is 84.2 Å². The second-order valence-electron chi connectivity index (χ2n) is 5.06. The molecular formula is C15H21F2N3O2. The lowest BCUT2D eigenvalue weighted by molar-refractivity contribution is -0.121. The maximum Gasteiger partial charge on any atom is 0.312 e. The van der Waals surface area contributed by atoms with Gasteiger partial charge in [-0.25, -0.2) is 13.6 Å². The van der Waals surface area contributed by atoms with Crippen LogP contribution in [0.2, 0.25) is 0 Å². The monoisotopic (exact) mass is 313 g/mol. The number of benzene rings is 1. The lowest BCUT2D eigenvalue weighted by Crippen LogP contribution is -2.30. The van der Waals surface area contributed by atoms with E-state index in [1.54, 1.807) is 6.92 Å². The van der Waals surface area contributed by atoms with Gasteiger partial charge in [-0.3, -0.25) is 4.79 Å². The zero-order valence-electron chi connectivity index (χ0n) is 12.5. The summed E-state index contributed by atoms with van der Waals surface area (Å²) in [7, 11) is 0. The molecule has 1 aromatic rings. The summed E-state index contributed by atoms with van der Waals surface area (Å²) < 4.78 is 26.4. The van der Waals surface area contributed by atoms with Gasteiger partial charge in [0, 0.05) is 24.6 Å². The summed E-state index contributed by atoms with van der Waals surface area (Å²) in [4.78, 5) is 22.2. The van der Waals surface area contributed by atoms with Gasteiger partial charge in [0.05, 0.1) is 6.04 Å². The predicted molar refractivity (Wildman–Crippen MR) is 79.0 cm³/mol. The first-order chi connectivity index (χ1) is 10.4. The molecule has 0 unspecified atom stereocenters. The smallest absolute Gasteiger partial charge is 0.312 e. The van der Waals surface area contributed by atoms with Crippen molar-refractivity contribution in [2.75, 3.05) is 6.54 Å². The van der Waals surface area contributed by atoms with Crippen LogP contribution in [-0.4, -0.2) is 18.5 Å². The van der Waals surface area contributed by atoms with Crippen LogP contribution in [-0.2, 0) is 4.79 Å². The number of amides is 3. The number of nitrogens with one attached hydrogen (secondary N) is 2. The fourth-order valence-corrected chi connectivity index (χ4v) is 2.04. The molecule has 0 aromatic heterocycles. The van der Waals surface area contributed by atoms with Crippen molar-refractivity contribution in [2.24, 2.45) is 5.73 Å². The van der Waals surface area contributed by atoms with Gasteiger partial charge in [-0.1, -0.05) is 12.5 Å². The molecule has 1 atom stereocenters. The van der Waals surface area contributed by atoms with E-state index in [9.17, 15) is 18.4 Å². The molecular weight excluding hydrogens is 292 g/mol. The van der Waals surface area contributed by atoms with Gasteiger partial charge in [0.25, 0.3) is 0 Å². The molecule has 0 aliphatic carbocycles. The van der Waals surface area contributed by atoms with Crippen LogP contribution in [0.5, 0.6) is 0 Å². The van der Waals surface area contributed by atoms with E-state index in [0.29, 0.717) is 19.4 Å². The van der Waals surface area contributed by atoms with Crippen molar-refractivity contribution in [3.63, 3.8) is 0 Å². The number of carbonyl (C=O) groups is 2. The van der Waals surface area contributed by atoms with Crippen LogP contribution in [0.1, 0.15) is 44.2 Å². The van der Waals surface area contributed by atoms with E-state index in [2.05, 4.69) is 10.6 Å². The van der Waals surface area contributed by atoms with E-state index in [0.717, 1.165) is 25.0 Å². The van der Waals surface area contributed by atoms with Gasteiger partial charge in [0.1, 0.15) is 11.6 Å². The van der Waals surface area contributed by atoms with Gasteiger partial charge < -0.3 is 16.4 Å². The first-order valence-corrected chi connectivity index (χ1v) is 7.17. The molecule has 0 radical (unpaired) electrons. The highest BCUT2D eigenvalue weighted by molar-refractivity contribution is 5.76. The highest BCUT2D eigenvalue weighted by Gasteiger charge is 2.13. The highest BCUT2D eigenvalue weighted by Crippen LogP contribution is 2.17. The van der Waals surface area contributed by atoms with Gasteiger partial charge in [-0.05, 0) is 25.8 Å². The number of rotatable bonds is 8. The number of unbranched alkanes of at least 4 members (excludes halogenated alkanes) is 2. The molecule has 4 N–H and O–H groups in total. The molecule has 1 rings (SSSR count). The van der Waals surface area contributed by atoms with Crippen molar-refractivity contribution in [1.29, 1.82) is 0 Å². The molecule has 122 valence electrons. The summed E-state index contributed by atoms with van der Waals surface area (Å²) in [6.45, 7) is 2.12. The van der Waals surface area contributed by atoms with Crippen LogP contribution in [0.15, 0.2) is 18.2 Å². The summed E-state index contributed by atoms with van der Waals surface area (Å²) in [6.07, 6.45) is 2.47. The molecule has 7 heteroatoms. The van der Waals surface area contributed by atoms with Gasteiger partial charge in [-0.2, -0.15) is 0 Å². The maximum absolute atomic E-state index is 13.6. The van der Waals surface area contributed by atoms with Crippen LogP contribution < -0.4 is 16.4 Å². The molecule has 1 aromatic carbocycles. The first kappa shape index (κ1) is 17.9. The zero-order chi connectivity index (χ0) is 16.5. The fourth-order valence-electron chi connectivity index (χ4n) is 2.04. The van der Waals surface area contributed by atoms with E-state index < -0.39 is 23.7 Å². The number of hydrogen-bond donors (Lipinski definition) is 3. The van der Waals surface area contributed by atoms with Crippen molar-refractivity contribution in [2.45, 2.75) is 38.6 Å². The van der Waals surface area contributed by atoms with Crippen LogP contribution in [0.25, 0.3) is 0 Å². The van der Waals surface area contributed by atoms with E-state index in [1.807, 2.05) is 0 Å². The Morgan fingerprint density at radius 1 is 1.23 bits per heavy atom. The minimum atomic E-state index is -0.676. The van der Waals surface area contributed by atoms with Crippen molar-refractivity contribution < 1.29 is 18.4 Å². The molecule has 0 spiro atoms. The lowest BCUT2D eigenvalue weighted by Gasteiger charge is -2.15. The molecule has 0 saturated carbocycles. The third kappa shape index (κ3) is 6.51. The Morgan fingerprint density at radius 3 is 2.59 bits per heavy atom. The molecule has 0 aliphatic rings. The van der Waals surface area contributed by atoms with Crippen LogP contribution in [0, 0.1) is 11.6 Å². The summed E-state index contributed by atoms with van der Waals surface area (Å²) in [6, 6.07) is 2.19. The summed E-state index contributed by atoms with van der Waals surface area (Å²) in [5.74, 6) is -1.52. The van der Waals surface area contributed by atoms with Gasteiger partial charge >= 0.3 is 6.03 Å². The normalized spacial score (nSPS) is 11.8. The summed E-state index contributed by atoms with van der Waals surface area (Å²) in [5, 5.41) is 5.14. The molecule has 3 amide bonds. The molecule has 0 heterocycles. The fraction of sp³-hybridized carbons (Fsp3) is 0.467. The number of hydrogen-bond acceptors (Lipinski definition) is 2. The third-order valence-corrected chi connectivity index (χ3v) is 3.19. The minimum absolute atomic E-state index is 0.195. The number of urea groups is 1. The molecule has 0 aliphatic heterocycles. The molecule has 0 bridgehead atoms. The molecule has 5 nitrogen and oxygen atoms in total. The van der Waals surface area contributed by atoms with E-state index in [1.165, 1.54) is 6.07 Å².